The fraction of sp³-hybridized carbons (Fsp3) is 0.182. The van der Waals surface area contributed by atoms with Crippen LogP contribution in [0.2, 0.25) is 5.02 Å². The lowest BCUT2D eigenvalue weighted by Crippen LogP contribution is -1.92. The molecule has 2 aromatic rings. The standard InChI is InChI=1S/C11H12ClN3O/c1-6-3-10(16-2)7(4-9(6)12)8-5-14-15-11(8)13/h3-5H,1-2H3,(H3,13,14,15). The molecule has 0 aliphatic heterocycles. The molecule has 0 amide bonds. The third-order valence-electron chi connectivity index (χ3n) is 2.44. The molecule has 0 unspecified atom stereocenters. The number of nitrogens with zero attached hydrogens (tertiary/aromatic N) is 1. The molecule has 0 radical (unpaired) electrons. The lowest BCUT2D eigenvalue weighted by molar-refractivity contribution is 0.416. The molecule has 0 saturated heterocycles. The van der Waals surface area contributed by atoms with Crippen LogP contribution in [0.4, 0.5) is 5.82 Å². The molecule has 84 valence electrons. The number of nitrogens with two attached hydrogens (primary N) is 1. The Hall–Kier alpha value is -1.68. The summed E-state index contributed by atoms with van der Waals surface area (Å²) in [6.45, 7) is 1.92. The average molecular weight is 238 g/mol. The Bertz CT molecular complexity index is 522. The highest BCUT2D eigenvalue weighted by Crippen LogP contribution is 2.36. The molecule has 1 aromatic heterocycles. The number of nitrogens with one attached hydrogen (secondary N) is 1. The van der Waals surface area contributed by atoms with Crippen molar-refractivity contribution >= 4 is 17.4 Å². The Morgan fingerprint density at radius 1 is 1.38 bits per heavy atom. The number of H-pyrrole nitrogens is 1. The van der Waals surface area contributed by atoms with Gasteiger partial charge in [0, 0.05) is 16.1 Å². The topological polar surface area (TPSA) is 63.9 Å². The quantitative estimate of drug-likeness (QED) is 0.844. The van der Waals surface area contributed by atoms with Crippen LogP contribution in [0.1, 0.15) is 5.56 Å². The first-order chi connectivity index (χ1) is 7.63. The van der Waals surface area contributed by atoms with Gasteiger partial charge in [0.25, 0.3) is 0 Å². The summed E-state index contributed by atoms with van der Waals surface area (Å²) in [7, 11) is 1.61. The first kappa shape index (κ1) is 10.8. The zero-order valence-electron chi connectivity index (χ0n) is 9.04. The van der Waals surface area contributed by atoms with E-state index < -0.39 is 0 Å². The van der Waals surface area contributed by atoms with Crippen LogP contribution in [-0.2, 0) is 0 Å². The summed E-state index contributed by atoms with van der Waals surface area (Å²) in [5, 5.41) is 7.24. The molecule has 16 heavy (non-hydrogen) atoms. The van der Waals surface area contributed by atoms with Gasteiger partial charge in [0.15, 0.2) is 0 Å². The zero-order chi connectivity index (χ0) is 11.7. The fourth-order valence-electron chi connectivity index (χ4n) is 1.55. The van der Waals surface area contributed by atoms with Crippen molar-refractivity contribution in [3.8, 4) is 16.9 Å². The summed E-state index contributed by atoms with van der Waals surface area (Å²) in [5.74, 6) is 1.23. The number of rotatable bonds is 2. The number of aromatic amines is 1. The lowest BCUT2D eigenvalue weighted by Gasteiger charge is -2.10. The Morgan fingerprint density at radius 2 is 2.12 bits per heavy atom. The van der Waals surface area contributed by atoms with Crippen LogP contribution in [0.25, 0.3) is 11.1 Å². The maximum atomic E-state index is 6.09. The number of hydrogen-bond acceptors (Lipinski definition) is 3. The van der Waals surface area contributed by atoms with Crippen molar-refractivity contribution in [3.05, 3.63) is 28.9 Å². The molecule has 0 aliphatic rings. The van der Waals surface area contributed by atoms with E-state index >= 15 is 0 Å². The number of aromatic nitrogens is 2. The van der Waals surface area contributed by atoms with Crippen molar-refractivity contribution < 1.29 is 4.74 Å². The van der Waals surface area contributed by atoms with Gasteiger partial charge in [0.1, 0.15) is 11.6 Å². The van der Waals surface area contributed by atoms with Crippen LogP contribution in [0.5, 0.6) is 5.75 Å². The molecule has 0 fully saturated rings. The summed E-state index contributed by atoms with van der Waals surface area (Å²) >= 11 is 6.09. The normalized spacial score (nSPS) is 10.4. The molecule has 0 bridgehead atoms. The Morgan fingerprint density at radius 3 is 2.69 bits per heavy atom. The first-order valence-electron chi connectivity index (χ1n) is 4.77. The SMILES string of the molecule is COc1cc(C)c(Cl)cc1-c1cn[nH]c1N. The largest absolute Gasteiger partial charge is 0.496 e. The molecular formula is C11H12ClN3O. The molecule has 4 nitrogen and oxygen atoms in total. The molecular weight excluding hydrogens is 226 g/mol. The van der Waals surface area contributed by atoms with E-state index in [0.29, 0.717) is 10.8 Å². The van der Waals surface area contributed by atoms with E-state index in [2.05, 4.69) is 10.2 Å². The molecule has 5 heteroatoms. The number of nitrogen functional groups attached to an aromatic ring is 1. The highest BCUT2D eigenvalue weighted by atomic mass is 35.5. The molecule has 2 rings (SSSR count). The van der Waals surface area contributed by atoms with Crippen LogP contribution in [0, 0.1) is 6.92 Å². The van der Waals surface area contributed by atoms with E-state index in [-0.39, 0.29) is 0 Å². The lowest BCUT2D eigenvalue weighted by atomic mass is 10.1. The van der Waals surface area contributed by atoms with Crippen molar-refractivity contribution in [3.63, 3.8) is 0 Å². The predicted octanol–water partition coefficient (Wildman–Crippen LogP) is 2.63. The number of hydrogen-bond donors (Lipinski definition) is 2. The minimum absolute atomic E-state index is 0.498. The summed E-state index contributed by atoms with van der Waals surface area (Å²) in [4.78, 5) is 0. The second-order valence-electron chi connectivity index (χ2n) is 3.50. The van der Waals surface area contributed by atoms with Gasteiger partial charge >= 0.3 is 0 Å². The van der Waals surface area contributed by atoms with Crippen molar-refractivity contribution in [1.82, 2.24) is 10.2 Å². The average Bonchev–Trinajstić information content (AvgIpc) is 2.68. The molecule has 0 aliphatic carbocycles. The number of halogens is 1. The predicted molar refractivity (Wildman–Crippen MR) is 64.7 cm³/mol. The van der Waals surface area contributed by atoms with Gasteiger partial charge < -0.3 is 10.5 Å². The van der Waals surface area contributed by atoms with Crippen molar-refractivity contribution in [2.75, 3.05) is 12.8 Å². The van der Waals surface area contributed by atoms with E-state index in [1.54, 1.807) is 13.3 Å². The molecule has 3 N–H and O–H groups in total. The maximum absolute atomic E-state index is 6.09. The van der Waals surface area contributed by atoms with Gasteiger partial charge in [-0.05, 0) is 24.6 Å². The molecule has 0 atom stereocenters. The van der Waals surface area contributed by atoms with Crippen LogP contribution < -0.4 is 10.5 Å². The maximum Gasteiger partial charge on any atom is 0.127 e. The second kappa shape index (κ2) is 4.06. The zero-order valence-corrected chi connectivity index (χ0v) is 9.80. The Kier molecular flexibility index (Phi) is 2.75. The summed E-state index contributed by atoms with van der Waals surface area (Å²) < 4.78 is 5.30. The Labute approximate surface area is 98.4 Å². The van der Waals surface area contributed by atoms with Crippen molar-refractivity contribution in [2.45, 2.75) is 6.92 Å². The highest BCUT2D eigenvalue weighted by Gasteiger charge is 2.12. The van der Waals surface area contributed by atoms with Gasteiger partial charge in [0.05, 0.1) is 13.3 Å². The third kappa shape index (κ3) is 1.72. The van der Waals surface area contributed by atoms with E-state index in [1.165, 1.54) is 0 Å². The summed E-state index contributed by atoms with van der Waals surface area (Å²) in [6.07, 6.45) is 1.65. The highest BCUT2D eigenvalue weighted by molar-refractivity contribution is 6.31. The van der Waals surface area contributed by atoms with Gasteiger partial charge in [-0.3, -0.25) is 5.10 Å². The summed E-state index contributed by atoms with van der Waals surface area (Å²) in [5.41, 5.74) is 8.36. The van der Waals surface area contributed by atoms with Crippen LogP contribution in [0.15, 0.2) is 18.3 Å². The number of aryl methyl sites for hydroxylation is 1. The van der Waals surface area contributed by atoms with Gasteiger partial charge in [-0.25, -0.2) is 0 Å². The number of anilines is 1. The van der Waals surface area contributed by atoms with Gasteiger partial charge in [-0.1, -0.05) is 11.6 Å². The van der Waals surface area contributed by atoms with Gasteiger partial charge in [0.2, 0.25) is 0 Å². The van der Waals surface area contributed by atoms with Gasteiger partial charge in [-0.15, -0.1) is 0 Å². The van der Waals surface area contributed by atoms with Crippen LogP contribution >= 0.6 is 11.6 Å². The van der Waals surface area contributed by atoms with E-state index in [4.69, 9.17) is 22.1 Å². The smallest absolute Gasteiger partial charge is 0.127 e. The Balaban J connectivity index is 2.64. The molecule has 1 heterocycles. The molecule has 1 aromatic carbocycles. The third-order valence-corrected chi connectivity index (χ3v) is 2.85. The summed E-state index contributed by atoms with van der Waals surface area (Å²) in [6, 6.07) is 3.71. The monoisotopic (exact) mass is 237 g/mol. The number of methoxy groups -OCH3 is 1. The van der Waals surface area contributed by atoms with Crippen molar-refractivity contribution in [1.29, 1.82) is 0 Å². The van der Waals surface area contributed by atoms with E-state index in [0.717, 1.165) is 22.4 Å². The van der Waals surface area contributed by atoms with Crippen molar-refractivity contribution in [2.24, 2.45) is 0 Å². The fourth-order valence-corrected chi connectivity index (χ4v) is 1.71. The second-order valence-corrected chi connectivity index (χ2v) is 3.91. The molecule has 0 saturated carbocycles. The number of ether oxygens (including phenoxy) is 1. The van der Waals surface area contributed by atoms with Crippen LogP contribution in [-0.4, -0.2) is 17.3 Å². The number of benzene rings is 1. The van der Waals surface area contributed by atoms with E-state index in [1.807, 2.05) is 19.1 Å². The minimum Gasteiger partial charge on any atom is -0.496 e. The first-order valence-corrected chi connectivity index (χ1v) is 5.14. The van der Waals surface area contributed by atoms with Gasteiger partial charge in [-0.2, -0.15) is 5.10 Å². The van der Waals surface area contributed by atoms with Crippen LogP contribution in [0.3, 0.4) is 0 Å². The van der Waals surface area contributed by atoms with E-state index in [9.17, 15) is 0 Å². The molecule has 0 spiro atoms. The minimum atomic E-state index is 0.498.